The van der Waals surface area contributed by atoms with Crippen LogP contribution in [-0.4, -0.2) is 5.88 Å². The van der Waals surface area contributed by atoms with Gasteiger partial charge in [0, 0.05) is 16.2 Å². The zero-order chi connectivity index (χ0) is 9.68. The van der Waals surface area contributed by atoms with Crippen LogP contribution >= 0.6 is 39.1 Å². The van der Waals surface area contributed by atoms with Gasteiger partial charge in [-0.05, 0) is 30.0 Å². The molecule has 0 nitrogen and oxygen atoms in total. The van der Waals surface area contributed by atoms with E-state index >= 15 is 0 Å². The first-order valence-corrected chi connectivity index (χ1v) is 6.03. The lowest BCUT2D eigenvalue weighted by atomic mass is 10.1. The Bertz CT molecular complexity index is 274. The average molecular weight is 282 g/mol. The van der Waals surface area contributed by atoms with Crippen LogP contribution in [0.25, 0.3) is 0 Å². The molecule has 0 amide bonds. The second kappa shape index (κ2) is 5.90. The van der Waals surface area contributed by atoms with Gasteiger partial charge in [-0.1, -0.05) is 28.1 Å². The van der Waals surface area contributed by atoms with Crippen LogP contribution in [0.3, 0.4) is 0 Å². The smallest absolute Gasteiger partial charge is 0.0474 e. The van der Waals surface area contributed by atoms with E-state index in [1.54, 1.807) is 0 Å². The Morgan fingerprint density at radius 3 is 2.62 bits per heavy atom. The van der Waals surface area contributed by atoms with Gasteiger partial charge in [-0.2, -0.15) is 0 Å². The molecule has 0 atom stereocenters. The largest absolute Gasteiger partial charge is 0.127 e. The standard InChI is InChI=1S/C10H11BrCl2/c11-10-4-3-8(7-13)6-9(10)2-1-5-12/h3-4,6H,1-2,5,7H2. The summed E-state index contributed by atoms with van der Waals surface area (Å²) in [4.78, 5) is 0. The summed E-state index contributed by atoms with van der Waals surface area (Å²) in [6.45, 7) is 0. The van der Waals surface area contributed by atoms with Crippen molar-refractivity contribution in [2.75, 3.05) is 5.88 Å². The molecular weight excluding hydrogens is 271 g/mol. The molecule has 3 heteroatoms. The highest BCUT2D eigenvalue weighted by Crippen LogP contribution is 2.20. The highest BCUT2D eigenvalue weighted by Gasteiger charge is 2.00. The van der Waals surface area contributed by atoms with Gasteiger partial charge < -0.3 is 0 Å². The number of aryl methyl sites for hydroxylation is 1. The van der Waals surface area contributed by atoms with E-state index in [-0.39, 0.29) is 0 Å². The van der Waals surface area contributed by atoms with Crippen molar-refractivity contribution < 1.29 is 0 Å². The molecule has 1 rings (SSSR count). The minimum atomic E-state index is 0.571. The Kier molecular flexibility index (Phi) is 5.15. The molecule has 0 heterocycles. The predicted octanol–water partition coefficient (Wildman–Crippen LogP) is 4.36. The summed E-state index contributed by atoms with van der Waals surface area (Å²) in [6, 6.07) is 6.20. The van der Waals surface area contributed by atoms with Crippen LogP contribution in [0, 0.1) is 0 Å². The number of hydrogen-bond acceptors (Lipinski definition) is 0. The molecule has 0 spiro atoms. The fraction of sp³-hybridized carbons (Fsp3) is 0.400. The predicted molar refractivity (Wildman–Crippen MR) is 62.7 cm³/mol. The van der Waals surface area contributed by atoms with Gasteiger partial charge in [0.15, 0.2) is 0 Å². The second-order valence-corrected chi connectivity index (χ2v) is 4.35. The van der Waals surface area contributed by atoms with Gasteiger partial charge in [-0.3, -0.25) is 0 Å². The first-order valence-electron chi connectivity index (χ1n) is 4.17. The lowest BCUT2D eigenvalue weighted by molar-refractivity contribution is 0.921. The van der Waals surface area contributed by atoms with Crippen LogP contribution in [0.1, 0.15) is 17.5 Å². The molecular formula is C10H11BrCl2. The summed E-state index contributed by atoms with van der Waals surface area (Å²) in [5.41, 5.74) is 2.45. The molecule has 0 aromatic heterocycles. The molecule has 13 heavy (non-hydrogen) atoms. The lowest BCUT2D eigenvalue weighted by Gasteiger charge is -2.04. The van der Waals surface area contributed by atoms with Crippen LogP contribution in [0.2, 0.25) is 0 Å². The molecule has 72 valence electrons. The minimum Gasteiger partial charge on any atom is -0.127 e. The van der Waals surface area contributed by atoms with E-state index in [9.17, 15) is 0 Å². The van der Waals surface area contributed by atoms with Crippen molar-refractivity contribution in [2.45, 2.75) is 18.7 Å². The summed E-state index contributed by atoms with van der Waals surface area (Å²) >= 11 is 14.9. The summed E-state index contributed by atoms with van der Waals surface area (Å²) in [7, 11) is 0. The Labute approximate surface area is 97.4 Å². The van der Waals surface area contributed by atoms with Crippen molar-refractivity contribution in [3.63, 3.8) is 0 Å². The van der Waals surface area contributed by atoms with Gasteiger partial charge >= 0.3 is 0 Å². The summed E-state index contributed by atoms with van der Waals surface area (Å²) in [5.74, 6) is 1.28. The van der Waals surface area contributed by atoms with Crippen molar-refractivity contribution in [2.24, 2.45) is 0 Å². The normalized spacial score (nSPS) is 10.4. The maximum absolute atomic E-state index is 5.74. The molecule has 1 aromatic carbocycles. The maximum atomic E-state index is 5.74. The quantitative estimate of drug-likeness (QED) is 0.720. The maximum Gasteiger partial charge on any atom is 0.0474 e. The van der Waals surface area contributed by atoms with Gasteiger partial charge in [-0.25, -0.2) is 0 Å². The Morgan fingerprint density at radius 1 is 1.23 bits per heavy atom. The molecule has 0 aliphatic rings. The number of rotatable bonds is 4. The molecule has 0 radical (unpaired) electrons. The van der Waals surface area contributed by atoms with E-state index in [1.165, 1.54) is 5.56 Å². The van der Waals surface area contributed by atoms with Gasteiger partial charge in [0.25, 0.3) is 0 Å². The summed E-state index contributed by atoms with van der Waals surface area (Å²) in [5, 5.41) is 0. The van der Waals surface area contributed by atoms with E-state index in [0.29, 0.717) is 11.8 Å². The fourth-order valence-corrected chi connectivity index (χ4v) is 1.90. The molecule has 0 N–H and O–H groups in total. The highest BCUT2D eigenvalue weighted by molar-refractivity contribution is 9.10. The van der Waals surface area contributed by atoms with E-state index in [4.69, 9.17) is 23.2 Å². The fourth-order valence-electron chi connectivity index (χ4n) is 1.16. The topological polar surface area (TPSA) is 0 Å². The van der Waals surface area contributed by atoms with Gasteiger partial charge in [-0.15, -0.1) is 23.2 Å². The highest BCUT2D eigenvalue weighted by atomic mass is 79.9. The zero-order valence-electron chi connectivity index (χ0n) is 7.19. The van der Waals surface area contributed by atoms with Crippen molar-refractivity contribution in [3.05, 3.63) is 33.8 Å². The van der Waals surface area contributed by atoms with Crippen LogP contribution in [0.15, 0.2) is 22.7 Å². The third-order valence-electron chi connectivity index (χ3n) is 1.84. The molecule has 0 saturated heterocycles. The summed E-state index contributed by atoms with van der Waals surface area (Å²) < 4.78 is 1.14. The van der Waals surface area contributed by atoms with Crippen molar-refractivity contribution >= 4 is 39.1 Å². The molecule has 0 saturated carbocycles. The molecule has 0 fully saturated rings. The van der Waals surface area contributed by atoms with Crippen LogP contribution in [0.5, 0.6) is 0 Å². The number of halogens is 3. The van der Waals surface area contributed by atoms with Crippen molar-refractivity contribution in [1.82, 2.24) is 0 Å². The number of benzene rings is 1. The van der Waals surface area contributed by atoms with E-state index in [0.717, 1.165) is 22.9 Å². The first-order chi connectivity index (χ1) is 6.27. The second-order valence-electron chi connectivity index (χ2n) is 2.85. The first kappa shape index (κ1) is 11.4. The Balaban J connectivity index is 2.78. The van der Waals surface area contributed by atoms with E-state index in [2.05, 4.69) is 22.0 Å². The molecule has 0 aliphatic carbocycles. The van der Waals surface area contributed by atoms with Crippen LogP contribution in [0.4, 0.5) is 0 Å². The van der Waals surface area contributed by atoms with Gasteiger partial charge in [0.1, 0.15) is 0 Å². The third-order valence-corrected chi connectivity index (χ3v) is 3.19. The van der Waals surface area contributed by atoms with Gasteiger partial charge in [0.05, 0.1) is 0 Å². The summed E-state index contributed by atoms with van der Waals surface area (Å²) in [6.07, 6.45) is 2.01. The molecule has 1 aromatic rings. The molecule has 0 aliphatic heterocycles. The Morgan fingerprint density at radius 2 is 2.00 bits per heavy atom. The number of hydrogen-bond donors (Lipinski definition) is 0. The van der Waals surface area contributed by atoms with Crippen molar-refractivity contribution in [3.8, 4) is 0 Å². The van der Waals surface area contributed by atoms with Gasteiger partial charge in [0.2, 0.25) is 0 Å². The van der Waals surface area contributed by atoms with E-state index < -0.39 is 0 Å². The number of alkyl halides is 2. The van der Waals surface area contributed by atoms with Crippen molar-refractivity contribution in [1.29, 1.82) is 0 Å². The average Bonchev–Trinajstić information content (AvgIpc) is 2.17. The third kappa shape index (κ3) is 3.49. The Hall–Kier alpha value is 0.280. The molecule has 0 unspecified atom stereocenters. The lowest BCUT2D eigenvalue weighted by Crippen LogP contribution is -1.90. The monoisotopic (exact) mass is 280 g/mol. The van der Waals surface area contributed by atoms with Crippen LogP contribution < -0.4 is 0 Å². The molecule has 0 bridgehead atoms. The zero-order valence-corrected chi connectivity index (χ0v) is 10.3. The van der Waals surface area contributed by atoms with E-state index in [1.807, 2.05) is 12.1 Å². The SMILES string of the molecule is ClCCCc1cc(CCl)ccc1Br. The minimum absolute atomic E-state index is 0.571. The van der Waals surface area contributed by atoms with Crippen LogP contribution in [-0.2, 0) is 12.3 Å².